The fraction of sp³-hybridized carbons (Fsp3) is 0.333. The van der Waals surface area contributed by atoms with E-state index in [2.05, 4.69) is 11.0 Å². The molecule has 0 aliphatic carbocycles. The molecule has 26 heavy (non-hydrogen) atoms. The smallest absolute Gasteiger partial charge is 0.253 e. The molecule has 1 saturated heterocycles. The molecule has 2 aromatic carbocycles. The highest BCUT2D eigenvalue weighted by Crippen LogP contribution is 2.12. The van der Waals surface area contributed by atoms with E-state index in [9.17, 15) is 9.18 Å². The van der Waals surface area contributed by atoms with Crippen LogP contribution in [0.25, 0.3) is 0 Å². The third-order valence-electron chi connectivity index (χ3n) is 4.75. The molecule has 5 heteroatoms. The van der Waals surface area contributed by atoms with Crippen molar-refractivity contribution in [3.8, 4) is 6.07 Å². The predicted octanol–water partition coefficient (Wildman–Crippen LogP) is 3.09. The summed E-state index contributed by atoms with van der Waals surface area (Å²) in [6, 6.07) is 15.6. The summed E-state index contributed by atoms with van der Waals surface area (Å²) in [5.41, 5.74) is 2.24. The Morgan fingerprint density at radius 3 is 2.50 bits per heavy atom. The molecule has 0 aromatic heterocycles. The molecule has 0 unspecified atom stereocenters. The Morgan fingerprint density at radius 2 is 1.81 bits per heavy atom. The lowest BCUT2D eigenvalue weighted by Crippen LogP contribution is -2.48. The minimum Gasteiger partial charge on any atom is -0.336 e. The highest BCUT2D eigenvalue weighted by molar-refractivity contribution is 5.94. The summed E-state index contributed by atoms with van der Waals surface area (Å²) in [7, 11) is 0. The van der Waals surface area contributed by atoms with Crippen molar-refractivity contribution in [3.05, 3.63) is 71.0 Å². The molecule has 1 aliphatic rings. The number of carbonyl (C=O) groups excluding carboxylic acids is 1. The lowest BCUT2D eigenvalue weighted by Gasteiger charge is -2.34. The fourth-order valence-electron chi connectivity index (χ4n) is 3.24. The second-order valence-corrected chi connectivity index (χ2v) is 6.56. The van der Waals surface area contributed by atoms with Crippen molar-refractivity contribution in [2.75, 3.05) is 32.7 Å². The van der Waals surface area contributed by atoms with E-state index in [4.69, 9.17) is 5.26 Å². The van der Waals surface area contributed by atoms with Crippen molar-refractivity contribution in [1.29, 1.82) is 5.26 Å². The van der Waals surface area contributed by atoms with Gasteiger partial charge in [-0.25, -0.2) is 4.39 Å². The Morgan fingerprint density at radius 1 is 1.08 bits per heavy atom. The SMILES string of the molecule is N#Cc1cccc(C(=O)N2CCN(CCCc3ccc(F)cc3)CC2)c1. The molecular weight excluding hydrogens is 329 g/mol. The van der Waals surface area contributed by atoms with Gasteiger partial charge in [-0.3, -0.25) is 9.69 Å². The normalized spacial score (nSPS) is 14.8. The number of nitriles is 1. The van der Waals surface area contributed by atoms with Crippen LogP contribution in [-0.4, -0.2) is 48.4 Å². The average molecular weight is 351 g/mol. The molecule has 134 valence electrons. The maximum Gasteiger partial charge on any atom is 0.253 e. The summed E-state index contributed by atoms with van der Waals surface area (Å²) < 4.78 is 12.9. The monoisotopic (exact) mass is 351 g/mol. The first-order chi connectivity index (χ1) is 12.7. The van der Waals surface area contributed by atoms with Gasteiger partial charge in [0.05, 0.1) is 11.6 Å². The van der Waals surface area contributed by atoms with Crippen LogP contribution in [0, 0.1) is 17.1 Å². The van der Waals surface area contributed by atoms with E-state index in [0.29, 0.717) is 24.2 Å². The van der Waals surface area contributed by atoms with Crippen molar-refractivity contribution in [2.45, 2.75) is 12.8 Å². The molecule has 0 radical (unpaired) electrons. The van der Waals surface area contributed by atoms with Gasteiger partial charge in [0.2, 0.25) is 0 Å². The van der Waals surface area contributed by atoms with E-state index in [-0.39, 0.29) is 11.7 Å². The number of hydrogen-bond acceptors (Lipinski definition) is 3. The number of benzene rings is 2. The van der Waals surface area contributed by atoms with E-state index in [1.807, 2.05) is 17.0 Å². The summed E-state index contributed by atoms with van der Waals surface area (Å²) in [5, 5.41) is 8.97. The van der Waals surface area contributed by atoms with Crippen molar-refractivity contribution in [1.82, 2.24) is 9.80 Å². The molecule has 3 rings (SSSR count). The number of amides is 1. The zero-order valence-electron chi connectivity index (χ0n) is 14.7. The molecule has 2 aromatic rings. The first kappa shape index (κ1) is 18.1. The van der Waals surface area contributed by atoms with Gasteiger partial charge in [0.25, 0.3) is 5.91 Å². The van der Waals surface area contributed by atoms with Crippen LogP contribution in [-0.2, 0) is 6.42 Å². The Balaban J connectivity index is 1.44. The highest BCUT2D eigenvalue weighted by atomic mass is 19.1. The fourth-order valence-corrected chi connectivity index (χ4v) is 3.24. The maximum atomic E-state index is 12.9. The molecule has 1 fully saturated rings. The van der Waals surface area contributed by atoms with Crippen LogP contribution in [0.5, 0.6) is 0 Å². The molecule has 0 N–H and O–H groups in total. The third-order valence-corrected chi connectivity index (χ3v) is 4.75. The Bertz CT molecular complexity index is 790. The number of piperazine rings is 1. The number of hydrogen-bond donors (Lipinski definition) is 0. The van der Waals surface area contributed by atoms with Crippen LogP contribution in [0.3, 0.4) is 0 Å². The number of nitrogens with zero attached hydrogens (tertiary/aromatic N) is 3. The van der Waals surface area contributed by atoms with Gasteiger partial charge in [0.15, 0.2) is 0 Å². The van der Waals surface area contributed by atoms with Crippen molar-refractivity contribution < 1.29 is 9.18 Å². The molecule has 1 amide bonds. The zero-order chi connectivity index (χ0) is 18.4. The van der Waals surface area contributed by atoms with Crippen molar-refractivity contribution in [2.24, 2.45) is 0 Å². The maximum absolute atomic E-state index is 12.9. The highest BCUT2D eigenvalue weighted by Gasteiger charge is 2.22. The topological polar surface area (TPSA) is 47.3 Å². The van der Waals surface area contributed by atoms with E-state index in [1.54, 1.807) is 24.3 Å². The van der Waals surface area contributed by atoms with Crippen LogP contribution < -0.4 is 0 Å². The summed E-state index contributed by atoms with van der Waals surface area (Å²) >= 11 is 0. The Labute approximate surface area is 153 Å². The number of halogens is 1. The predicted molar refractivity (Wildman–Crippen MR) is 98.2 cm³/mol. The lowest BCUT2D eigenvalue weighted by atomic mass is 10.1. The number of rotatable bonds is 5. The second kappa shape index (κ2) is 8.59. The molecule has 0 saturated carbocycles. The number of carbonyl (C=O) groups is 1. The first-order valence-electron chi connectivity index (χ1n) is 8.92. The Hall–Kier alpha value is -2.71. The average Bonchev–Trinajstić information content (AvgIpc) is 2.69. The van der Waals surface area contributed by atoms with Crippen molar-refractivity contribution in [3.63, 3.8) is 0 Å². The molecule has 1 aliphatic heterocycles. The van der Waals surface area contributed by atoms with Crippen molar-refractivity contribution >= 4 is 5.91 Å². The Kier molecular flexibility index (Phi) is 5.98. The van der Waals surface area contributed by atoms with Gasteiger partial charge in [-0.15, -0.1) is 0 Å². The van der Waals surface area contributed by atoms with Crippen LogP contribution in [0.15, 0.2) is 48.5 Å². The summed E-state index contributed by atoms with van der Waals surface area (Å²) in [5.74, 6) is -0.206. The molecule has 1 heterocycles. The lowest BCUT2D eigenvalue weighted by molar-refractivity contribution is 0.0636. The molecule has 4 nitrogen and oxygen atoms in total. The van der Waals surface area contributed by atoms with Crippen LogP contribution >= 0.6 is 0 Å². The van der Waals surface area contributed by atoms with Gasteiger partial charge in [-0.1, -0.05) is 18.2 Å². The molecule has 0 spiro atoms. The molecule has 0 atom stereocenters. The van der Waals surface area contributed by atoms with Crippen LogP contribution in [0.2, 0.25) is 0 Å². The summed E-state index contributed by atoms with van der Waals surface area (Å²) in [4.78, 5) is 16.8. The van der Waals surface area contributed by atoms with Crippen LogP contribution in [0.4, 0.5) is 4.39 Å². The van der Waals surface area contributed by atoms with Gasteiger partial charge in [0.1, 0.15) is 5.82 Å². The largest absolute Gasteiger partial charge is 0.336 e. The van der Waals surface area contributed by atoms with Crippen LogP contribution in [0.1, 0.15) is 27.9 Å². The molecular formula is C21H22FN3O. The van der Waals surface area contributed by atoms with E-state index in [0.717, 1.165) is 38.0 Å². The minimum atomic E-state index is -0.199. The van der Waals surface area contributed by atoms with Gasteiger partial charge < -0.3 is 4.90 Å². The first-order valence-corrected chi connectivity index (χ1v) is 8.92. The van der Waals surface area contributed by atoms with E-state index < -0.39 is 0 Å². The third kappa shape index (κ3) is 4.68. The van der Waals surface area contributed by atoms with E-state index >= 15 is 0 Å². The molecule has 0 bridgehead atoms. The van der Waals surface area contributed by atoms with Gasteiger partial charge in [0, 0.05) is 31.7 Å². The van der Waals surface area contributed by atoms with Gasteiger partial charge in [-0.05, 0) is 55.3 Å². The number of aryl methyl sites for hydroxylation is 1. The minimum absolute atomic E-state index is 0.00642. The quantitative estimate of drug-likeness (QED) is 0.832. The van der Waals surface area contributed by atoms with E-state index in [1.165, 1.54) is 12.1 Å². The standard InChI is InChI=1S/C21H22FN3O/c22-20-8-6-17(7-9-20)4-2-10-24-11-13-25(14-12-24)21(26)19-5-1-3-18(15-19)16-23/h1,3,5-9,15H,2,4,10-14H2. The van der Waals surface area contributed by atoms with Gasteiger partial charge in [-0.2, -0.15) is 5.26 Å². The zero-order valence-corrected chi connectivity index (χ0v) is 14.7. The summed E-state index contributed by atoms with van der Waals surface area (Å²) in [6.07, 6.45) is 1.95. The van der Waals surface area contributed by atoms with Gasteiger partial charge >= 0.3 is 0 Å². The summed E-state index contributed by atoms with van der Waals surface area (Å²) in [6.45, 7) is 4.09. The second-order valence-electron chi connectivity index (χ2n) is 6.56.